The molecule has 0 bridgehead atoms. The second-order valence-corrected chi connectivity index (χ2v) is 17.0. The van der Waals surface area contributed by atoms with E-state index < -0.39 is 10.0 Å². The van der Waals surface area contributed by atoms with E-state index in [1.807, 2.05) is 11.8 Å². The van der Waals surface area contributed by atoms with Crippen molar-refractivity contribution in [1.82, 2.24) is 0 Å². The third-order valence-electron chi connectivity index (χ3n) is 8.49. The number of thiazole rings is 1. The van der Waals surface area contributed by atoms with Crippen LogP contribution in [0.1, 0.15) is 38.1 Å². The number of anilines is 1. The van der Waals surface area contributed by atoms with Crippen LogP contribution in [0.15, 0.2) is 104 Å². The summed E-state index contributed by atoms with van der Waals surface area (Å²) in [5.74, 6) is -0.114. The number of nitrogens with zero attached hydrogens (tertiary/aromatic N) is 2. The molecule has 0 saturated heterocycles. The Bertz CT molecular complexity index is 2250. The van der Waals surface area contributed by atoms with Gasteiger partial charge in [-0.3, -0.25) is 0 Å². The van der Waals surface area contributed by atoms with Crippen molar-refractivity contribution in [2.75, 3.05) is 17.2 Å². The maximum atomic E-state index is 11.6. The summed E-state index contributed by atoms with van der Waals surface area (Å²) < 4.78 is 28.0. The zero-order valence-electron chi connectivity index (χ0n) is 26.8. The fraction of sp³-hybridized carbons (Fsp3) is 0.216. The molecule has 3 aromatic carbocycles. The minimum Gasteiger partial charge on any atom is -0.564 e. The first-order valence-electron chi connectivity index (χ1n) is 15.8. The average molecular weight is 941 g/mol. The van der Waals surface area contributed by atoms with Crippen LogP contribution in [0.3, 0.4) is 0 Å². The summed E-state index contributed by atoms with van der Waals surface area (Å²) >= 11 is 7.10. The fourth-order valence-corrected chi connectivity index (χ4v) is 10.6. The zero-order valence-corrected chi connectivity index (χ0v) is 35.6. The maximum absolute atomic E-state index is 11.6. The molecule has 0 amide bonds. The molecule has 5 nitrogen and oxygen atoms in total. The molecule has 0 saturated carbocycles. The molecule has 48 heavy (non-hydrogen) atoms. The molecule has 1 radical (unpaired) electrons. The molecule has 1 N–H and O–H groups in total. The number of hydrogen-bond donors (Lipinski definition) is 0. The number of aryl methyl sites for hydroxylation is 1. The first-order chi connectivity index (χ1) is 22.8. The summed E-state index contributed by atoms with van der Waals surface area (Å²) in [4.78, 5) is 3.69. The van der Waals surface area contributed by atoms with Gasteiger partial charge in [0.05, 0.1) is 20.7 Å². The van der Waals surface area contributed by atoms with E-state index in [0.29, 0.717) is 19.4 Å². The van der Waals surface area contributed by atoms with Crippen molar-refractivity contribution in [3.05, 3.63) is 110 Å². The van der Waals surface area contributed by atoms with Gasteiger partial charge >= 0.3 is 0 Å². The zero-order chi connectivity index (χ0) is 32.5. The van der Waals surface area contributed by atoms with Crippen molar-refractivity contribution < 1.29 is 57.0 Å². The van der Waals surface area contributed by atoms with E-state index in [1.165, 1.54) is 58.2 Å². The van der Waals surface area contributed by atoms with Gasteiger partial charge in [0.1, 0.15) is 4.70 Å². The van der Waals surface area contributed by atoms with E-state index in [-0.39, 0.29) is 49.8 Å². The standard InChI is InChI=1S/C37H35N3O2S5.Ac/c1-3-25(20-35-39(4-2)31-22-27(10-12-33(31)45-35)29-14-17-43-24-29)21-36-40(16-5-6-19-47(38,41)42)32-23-28(11-13-34(32)46-36)30-9-7-8-26-15-18-44-37(26)30;/h7-15,17-18,20-24H,3-6,16,19H2,1-2H3,(H-,38,41,42);. The van der Waals surface area contributed by atoms with Gasteiger partial charge in [0.2, 0.25) is 5.52 Å². The summed E-state index contributed by atoms with van der Waals surface area (Å²) in [6.07, 6.45) is 6.68. The number of hydrogen-bond acceptors (Lipinski definition) is 7. The van der Waals surface area contributed by atoms with Crippen LogP contribution in [-0.4, -0.2) is 20.7 Å². The van der Waals surface area contributed by atoms with Crippen LogP contribution in [0.4, 0.5) is 5.69 Å². The second-order valence-electron chi connectivity index (χ2n) is 11.5. The van der Waals surface area contributed by atoms with Crippen molar-refractivity contribution in [1.29, 1.82) is 0 Å². The summed E-state index contributed by atoms with van der Waals surface area (Å²) in [6.45, 7) is 5.99. The number of rotatable bonds is 11. The van der Waals surface area contributed by atoms with Crippen LogP contribution in [0.2, 0.25) is 0 Å². The molecule has 6 aromatic rings. The van der Waals surface area contributed by atoms with E-state index in [4.69, 9.17) is 5.14 Å². The van der Waals surface area contributed by atoms with E-state index in [0.717, 1.165) is 23.5 Å². The number of aromatic nitrogens is 1. The number of thiophene rings is 2. The number of unbranched alkanes of at least 4 members (excludes halogenated alkanes) is 1. The molecule has 243 valence electrons. The van der Waals surface area contributed by atoms with Gasteiger partial charge in [0.25, 0.3) is 5.01 Å². The van der Waals surface area contributed by atoms with Gasteiger partial charge in [-0.2, -0.15) is 15.9 Å². The van der Waals surface area contributed by atoms with Crippen LogP contribution < -0.4 is 9.47 Å². The first kappa shape index (κ1) is 36.0. The topological polar surface area (TPSA) is 65.1 Å². The fourth-order valence-electron chi connectivity index (χ4n) is 6.09. The Morgan fingerprint density at radius 3 is 2.58 bits per heavy atom. The molecular formula is C37H35AcN3O2S5. The first-order valence-corrected chi connectivity index (χ1v) is 20.9. The molecule has 7 rings (SSSR count). The molecule has 1 aliphatic heterocycles. The van der Waals surface area contributed by atoms with Gasteiger partial charge < -0.3 is 10.0 Å². The van der Waals surface area contributed by atoms with Crippen LogP contribution in [0.5, 0.6) is 0 Å². The van der Waals surface area contributed by atoms with Crippen molar-refractivity contribution in [2.45, 2.75) is 44.6 Å². The summed E-state index contributed by atoms with van der Waals surface area (Å²) in [5, 5.41) is 17.4. The van der Waals surface area contributed by atoms with Gasteiger partial charge in [-0.25, -0.2) is 8.42 Å². The minimum absolute atomic E-state index is 0. The largest absolute Gasteiger partial charge is 0.564 e. The summed E-state index contributed by atoms with van der Waals surface area (Å²) in [7, 11) is -3.74. The number of thioether (sulfide) groups is 1. The summed E-state index contributed by atoms with van der Waals surface area (Å²) in [6, 6.07) is 24.3. The smallest absolute Gasteiger partial charge is 0.263 e. The van der Waals surface area contributed by atoms with E-state index in [1.54, 1.807) is 34.0 Å². The Labute approximate surface area is 334 Å². The van der Waals surface area contributed by atoms with Crippen LogP contribution >= 0.6 is 45.8 Å². The van der Waals surface area contributed by atoms with Crippen molar-refractivity contribution >= 4 is 87.9 Å². The predicted octanol–water partition coefficient (Wildman–Crippen LogP) is 11.2. The normalized spacial score (nSPS) is 14.3. The Kier molecular flexibility index (Phi) is 11.7. The van der Waals surface area contributed by atoms with Gasteiger partial charge in [-0.1, -0.05) is 60.4 Å². The Morgan fingerprint density at radius 2 is 1.81 bits per heavy atom. The van der Waals surface area contributed by atoms with Crippen molar-refractivity contribution in [2.24, 2.45) is 0 Å². The molecule has 0 atom stereocenters. The molecule has 0 spiro atoms. The van der Waals surface area contributed by atoms with Crippen molar-refractivity contribution in [3.63, 3.8) is 0 Å². The molecule has 3 aromatic heterocycles. The SMILES string of the molecule is CCC(/C=C1\Sc2ccc(-c3ccsc3)cc2N1CC)=C\c1sc2ccc(-c3cccc4ccsc34)cc2[n+]1CCCCS([NH-])(=O)=O.[Ac]. The monoisotopic (exact) mass is 940 g/mol. The van der Waals surface area contributed by atoms with E-state index in [2.05, 4.69) is 118 Å². The average Bonchev–Trinajstić information content (AvgIpc) is 3.87. The number of allylic oxidation sites excluding steroid dienone is 2. The van der Waals surface area contributed by atoms with Crippen LogP contribution in [0, 0.1) is 44.1 Å². The number of benzene rings is 3. The quantitative estimate of drug-likeness (QED) is 0.0959. The second kappa shape index (κ2) is 15.6. The number of sulfonamides is 1. The summed E-state index contributed by atoms with van der Waals surface area (Å²) in [5.41, 5.74) is 8.58. The number of fused-ring (bicyclic) bond motifs is 3. The van der Waals surface area contributed by atoms with Crippen LogP contribution in [-0.2, 0) is 16.6 Å². The Hall–Kier alpha value is -1.81. The molecule has 0 aliphatic carbocycles. The molecule has 4 heterocycles. The predicted molar refractivity (Wildman–Crippen MR) is 205 cm³/mol. The van der Waals surface area contributed by atoms with Crippen LogP contribution in [0.25, 0.3) is 53.8 Å². The third kappa shape index (κ3) is 7.74. The minimum atomic E-state index is -3.74. The van der Waals surface area contributed by atoms with E-state index >= 15 is 0 Å². The van der Waals surface area contributed by atoms with Gasteiger partial charge in [0, 0.05) is 84.5 Å². The molecular weight excluding hydrogens is 906 g/mol. The molecule has 1 aliphatic rings. The number of nitrogens with one attached hydrogen (secondary N) is 1. The third-order valence-corrected chi connectivity index (χ3v) is 13.2. The van der Waals surface area contributed by atoms with Gasteiger partial charge in [0.15, 0.2) is 6.54 Å². The van der Waals surface area contributed by atoms with Gasteiger partial charge in [-0.15, -0.1) is 11.3 Å². The Balaban J connectivity index is 0.00000401. The maximum Gasteiger partial charge on any atom is 0.263 e. The van der Waals surface area contributed by atoms with Crippen molar-refractivity contribution in [3.8, 4) is 22.3 Å². The van der Waals surface area contributed by atoms with E-state index in [9.17, 15) is 8.42 Å². The molecule has 0 unspecified atom stereocenters. The molecule has 11 heteroatoms. The molecule has 0 fully saturated rings. The van der Waals surface area contributed by atoms with Gasteiger partial charge in [-0.05, 0) is 106 Å². The Morgan fingerprint density at radius 1 is 0.958 bits per heavy atom.